The normalized spacial score (nSPS) is 10.9. The Morgan fingerprint density at radius 1 is 1.13 bits per heavy atom. The topological polar surface area (TPSA) is 52.6 Å². The van der Waals surface area contributed by atoms with Crippen LogP contribution in [0.25, 0.3) is 0 Å². The Morgan fingerprint density at radius 2 is 1.73 bits per heavy atom. The molecule has 0 bridgehead atoms. The first-order valence-electron chi connectivity index (χ1n) is 4.36. The van der Waals surface area contributed by atoms with Gasteiger partial charge in [0.15, 0.2) is 0 Å². The number of carbonyl (C=O) groups excluding carboxylic acids is 2. The van der Waals surface area contributed by atoms with Crippen molar-refractivity contribution in [2.24, 2.45) is 0 Å². The highest BCUT2D eigenvalue weighted by Gasteiger charge is 2.43. The van der Waals surface area contributed by atoms with Gasteiger partial charge in [-0.3, -0.25) is 0 Å². The smallest absolute Gasteiger partial charge is 0.247 e. The Hall–Kier alpha value is -1.27. The van der Waals surface area contributed by atoms with Crippen LogP contribution in [0.1, 0.15) is 32.6 Å². The second-order valence-corrected chi connectivity index (χ2v) is 2.78. The van der Waals surface area contributed by atoms with E-state index in [0.29, 0.717) is 6.42 Å². The van der Waals surface area contributed by atoms with Crippen LogP contribution in [0.3, 0.4) is 0 Å². The highest BCUT2D eigenvalue weighted by Crippen LogP contribution is 2.16. The third kappa shape index (κ3) is 6.75. The number of carbonyl (C=O) groups is 2. The molecule has 0 aromatic rings. The van der Waals surface area contributed by atoms with E-state index in [4.69, 9.17) is 0 Å². The van der Waals surface area contributed by atoms with Crippen molar-refractivity contribution in [1.82, 2.24) is 0 Å². The van der Waals surface area contributed by atoms with Gasteiger partial charge in [0.1, 0.15) is 0 Å². The Bertz CT molecular complexity index is 224. The molecule has 15 heavy (non-hydrogen) atoms. The number of hydrogen-bond acceptors (Lipinski definition) is 4. The summed E-state index contributed by atoms with van der Waals surface area (Å²) in [4.78, 5) is 27.7. The summed E-state index contributed by atoms with van der Waals surface area (Å²) in [7, 11) is 0. The molecule has 0 unspecified atom stereocenters. The summed E-state index contributed by atoms with van der Waals surface area (Å²) in [6.45, 7) is 1.90. The molecule has 4 nitrogen and oxygen atoms in total. The minimum absolute atomic E-state index is 0.0705. The predicted octanol–water partition coefficient (Wildman–Crippen LogP) is 2.13. The Morgan fingerprint density at radius 3 is 2.20 bits per heavy atom. The van der Waals surface area contributed by atoms with Gasteiger partial charge in [-0.1, -0.05) is 19.8 Å². The quantitative estimate of drug-likeness (QED) is 0.420. The lowest BCUT2D eigenvalue weighted by Crippen LogP contribution is -2.26. The first-order valence-corrected chi connectivity index (χ1v) is 4.36. The zero-order valence-electron chi connectivity index (χ0n) is 8.10. The summed E-state index contributed by atoms with van der Waals surface area (Å²) >= 11 is 0. The van der Waals surface area contributed by atoms with Gasteiger partial charge in [0.25, 0.3) is 0 Å². The molecule has 0 saturated carbocycles. The molecule has 0 amide bonds. The van der Waals surface area contributed by atoms with Crippen molar-refractivity contribution in [3.8, 4) is 0 Å². The monoisotopic (exact) mass is 228 g/mol. The molecule has 7 heteroatoms. The van der Waals surface area contributed by atoms with E-state index in [0.717, 1.165) is 12.8 Å². The van der Waals surface area contributed by atoms with Crippen LogP contribution in [0.2, 0.25) is 0 Å². The van der Waals surface area contributed by atoms with Gasteiger partial charge in [-0.05, 0) is 6.42 Å². The third-order valence-corrected chi connectivity index (χ3v) is 1.43. The van der Waals surface area contributed by atoms with Crippen LogP contribution >= 0.6 is 0 Å². The summed E-state index contributed by atoms with van der Waals surface area (Å²) in [6, 6.07) is 0. The van der Waals surface area contributed by atoms with Gasteiger partial charge in [0.05, 0.1) is 6.42 Å². The van der Waals surface area contributed by atoms with Gasteiger partial charge >= 0.3 is 18.1 Å². The zero-order chi connectivity index (χ0) is 11.9. The minimum Gasteiger partial charge on any atom is -0.247 e. The molecular weight excluding hydrogens is 217 g/mol. The van der Waals surface area contributed by atoms with E-state index in [1.165, 1.54) is 0 Å². The van der Waals surface area contributed by atoms with Crippen molar-refractivity contribution in [3.05, 3.63) is 0 Å². The highest BCUT2D eigenvalue weighted by atomic mass is 19.4. The standard InChI is InChI=1S/C8H11F3O4/c1-2-3-4-5-6(12)14-15-7(13)8(9,10)11/h2-5H2,1H3. The lowest BCUT2D eigenvalue weighted by molar-refractivity contribution is -0.285. The molecule has 0 aromatic carbocycles. The van der Waals surface area contributed by atoms with E-state index < -0.39 is 18.1 Å². The second-order valence-electron chi connectivity index (χ2n) is 2.78. The Kier molecular flexibility index (Phi) is 5.73. The molecule has 0 radical (unpaired) electrons. The summed E-state index contributed by atoms with van der Waals surface area (Å²) in [5.74, 6) is -3.52. The molecule has 0 heterocycles. The van der Waals surface area contributed by atoms with Gasteiger partial charge < -0.3 is 0 Å². The predicted molar refractivity (Wildman–Crippen MR) is 42.4 cm³/mol. The molecule has 88 valence electrons. The summed E-state index contributed by atoms with van der Waals surface area (Å²) < 4.78 is 34.6. The van der Waals surface area contributed by atoms with Gasteiger partial charge in [0.2, 0.25) is 0 Å². The van der Waals surface area contributed by atoms with Crippen molar-refractivity contribution in [2.75, 3.05) is 0 Å². The first kappa shape index (κ1) is 13.7. The van der Waals surface area contributed by atoms with E-state index in [-0.39, 0.29) is 6.42 Å². The number of hydrogen-bond donors (Lipinski definition) is 0. The van der Waals surface area contributed by atoms with Gasteiger partial charge in [-0.15, -0.1) is 0 Å². The fraction of sp³-hybridized carbons (Fsp3) is 0.750. The molecule has 0 spiro atoms. The number of halogens is 3. The second kappa shape index (κ2) is 6.26. The average Bonchev–Trinajstić information content (AvgIpc) is 2.13. The minimum atomic E-state index is -5.15. The maximum atomic E-state index is 11.5. The largest absolute Gasteiger partial charge is 0.495 e. The highest BCUT2D eigenvalue weighted by molar-refractivity contribution is 5.76. The van der Waals surface area contributed by atoms with E-state index in [9.17, 15) is 22.8 Å². The van der Waals surface area contributed by atoms with Crippen LogP contribution in [0.15, 0.2) is 0 Å². The number of rotatable bonds is 4. The summed E-state index contributed by atoms with van der Waals surface area (Å²) in [5.41, 5.74) is 0. The van der Waals surface area contributed by atoms with Crippen molar-refractivity contribution in [2.45, 2.75) is 38.8 Å². The first-order chi connectivity index (χ1) is 6.88. The maximum absolute atomic E-state index is 11.5. The molecule has 0 aliphatic rings. The van der Waals surface area contributed by atoms with Crippen LogP contribution < -0.4 is 0 Å². The third-order valence-electron chi connectivity index (χ3n) is 1.43. The van der Waals surface area contributed by atoms with E-state index in [1.807, 2.05) is 6.92 Å². The van der Waals surface area contributed by atoms with E-state index >= 15 is 0 Å². The van der Waals surface area contributed by atoms with Crippen LogP contribution in [-0.2, 0) is 19.4 Å². The summed E-state index contributed by atoms with van der Waals surface area (Å²) in [6.07, 6.45) is -3.13. The Balaban J connectivity index is 3.67. The van der Waals surface area contributed by atoms with Crippen molar-refractivity contribution in [1.29, 1.82) is 0 Å². The molecule has 0 saturated heterocycles. The van der Waals surface area contributed by atoms with Crippen LogP contribution in [0.4, 0.5) is 13.2 Å². The molecule has 0 N–H and O–H groups in total. The van der Waals surface area contributed by atoms with Gasteiger partial charge in [0, 0.05) is 0 Å². The van der Waals surface area contributed by atoms with Crippen LogP contribution in [0.5, 0.6) is 0 Å². The van der Waals surface area contributed by atoms with Crippen LogP contribution in [-0.4, -0.2) is 18.1 Å². The van der Waals surface area contributed by atoms with E-state index in [2.05, 4.69) is 9.78 Å². The Labute approximate surface area is 84.3 Å². The molecule has 0 aliphatic carbocycles. The van der Waals surface area contributed by atoms with Crippen LogP contribution in [0, 0.1) is 0 Å². The van der Waals surface area contributed by atoms with E-state index in [1.54, 1.807) is 0 Å². The molecule has 0 atom stereocenters. The molecular formula is C8H11F3O4. The maximum Gasteiger partial charge on any atom is 0.495 e. The van der Waals surface area contributed by atoms with Gasteiger partial charge in [-0.25, -0.2) is 19.4 Å². The molecule has 0 aliphatic heterocycles. The van der Waals surface area contributed by atoms with Crippen molar-refractivity contribution >= 4 is 11.9 Å². The molecule has 0 fully saturated rings. The van der Waals surface area contributed by atoms with Crippen molar-refractivity contribution in [3.63, 3.8) is 0 Å². The molecule has 0 rings (SSSR count). The van der Waals surface area contributed by atoms with Crippen molar-refractivity contribution < 1.29 is 32.5 Å². The van der Waals surface area contributed by atoms with Gasteiger partial charge in [-0.2, -0.15) is 13.2 Å². The SMILES string of the molecule is CCCCCC(=O)OOC(=O)C(F)(F)F. The summed E-state index contributed by atoms with van der Waals surface area (Å²) in [5, 5.41) is 0. The zero-order valence-corrected chi connectivity index (χ0v) is 8.10. The average molecular weight is 228 g/mol. The fourth-order valence-electron chi connectivity index (χ4n) is 0.693. The fourth-order valence-corrected chi connectivity index (χ4v) is 0.693. The molecule has 0 aromatic heterocycles. The number of unbranched alkanes of at least 4 members (excludes halogenated alkanes) is 2. The number of alkyl halides is 3. The lowest BCUT2D eigenvalue weighted by Gasteiger charge is -2.04. The lowest BCUT2D eigenvalue weighted by atomic mass is 10.2.